The summed E-state index contributed by atoms with van der Waals surface area (Å²) in [5.74, 6) is -2.82. The van der Waals surface area contributed by atoms with Gasteiger partial charge in [0.2, 0.25) is 5.88 Å². The molecule has 1 aliphatic rings. The molecule has 1 aromatic heterocycles. The van der Waals surface area contributed by atoms with Crippen LogP contribution < -0.4 is 15.4 Å². The lowest BCUT2D eigenvalue weighted by Gasteiger charge is -2.29. The first kappa shape index (κ1) is 23.8. The molecule has 1 aromatic carbocycles. The average Bonchev–Trinajstić information content (AvgIpc) is 3.16. The largest absolute Gasteiger partial charge is 0.477 e. The van der Waals surface area contributed by atoms with Gasteiger partial charge in [-0.1, -0.05) is 6.92 Å². The highest BCUT2D eigenvalue weighted by Gasteiger charge is 2.24. The number of rotatable bonds is 9. The quantitative estimate of drug-likeness (QED) is 0.517. The number of amides is 2. The van der Waals surface area contributed by atoms with Crippen molar-refractivity contribution >= 4 is 28.5 Å². The van der Waals surface area contributed by atoms with E-state index in [1.54, 1.807) is 0 Å². The molecule has 1 unspecified atom stereocenters. The number of urea groups is 1. The number of anilines is 1. The van der Waals surface area contributed by atoms with Crippen LogP contribution in [0.1, 0.15) is 22.8 Å². The molecule has 3 rings (SSSR count). The lowest BCUT2D eigenvalue weighted by Crippen LogP contribution is -2.42. The van der Waals surface area contributed by atoms with Crippen molar-refractivity contribution in [3.05, 3.63) is 41.0 Å². The Morgan fingerprint density at radius 1 is 1.34 bits per heavy atom. The second-order valence-electron chi connectivity index (χ2n) is 7.37. The number of aromatic carboxylic acids is 1. The molecular weight excluding hydrogens is 446 g/mol. The van der Waals surface area contributed by atoms with Gasteiger partial charge in [0.05, 0.1) is 13.2 Å². The van der Waals surface area contributed by atoms with Gasteiger partial charge in [-0.05, 0) is 35.6 Å². The van der Waals surface area contributed by atoms with Crippen LogP contribution in [-0.2, 0) is 11.3 Å². The van der Waals surface area contributed by atoms with Gasteiger partial charge in [0.1, 0.15) is 23.2 Å². The van der Waals surface area contributed by atoms with Crippen molar-refractivity contribution in [1.29, 1.82) is 0 Å². The minimum Gasteiger partial charge on any atom is -0.477 e. The highest BCUT2D eigenvalue weighted by Crippen LogP contribution is 2.31. The summed E-state index contributed by atoms with van der Waals surface area (Å²) in [4.78, 5) is 26.2. The molecule has 1 atom stereocenters. The van der Waals surface area contributed by atoms with Gasteiger partial charge < -0.3 is 19.9 Å². The van der Waals surface area contributed by atoms with Gasteiger partial charge in [-0.15, -0.1) is 0 Å². The number of halogens is 2. The fourth-order valence-electron chi connectivity index (χ4n) is 3.15. The molecule has 1 aliphatic heterocycles. The Morgan fingerprint density at radius 3 is 2.81 bits per heavy atom. The zero-order valence-electron chi connectivity index (χ0n) is 17.4. The Hall–Kier alpha value is -2.83. The first-order valence-corrected chi connectivity index (χ1v) is 10.8. The Balaban J connectivity index is 1.55. The average molecular weight is 470 g/mol. The molecule has 1 saturated heterocycles. The molecule has 1 fully saturated rings. The van der Waals surface area contributed by atoms with E-state index >= 15 is 0 Å². The van der Waals surface area contributed by atoms with E-state index in [9.17, 15) is 23.5 Å². The van der Waals surface area contributed by atoms with Crippen molar-refractivity contribution in [2.45, 2.75) is 13.5 Å². The number of nitrogens with zero attached hydrogens (tertiary/aromatic N) is 2. The van der Waals surface area contributed by atoms with Crippen molar-refractivity contribution < 1.29 is 33.0 Å². The van der Waals surface area contributed by atoms with Gasteiger partial charge in [-0.25, -0.2) is 18.4 Å². The van der Waals surface area contributed by atoms with E-state index in [0.717, 1.165) is 49.4 Å². The third kappa shape index (κ3) is 6.58. The van der Waals surface area contributed by atoms with Crippen molar-refractivity contribution in [3.8, 4) is 5.88 Å². The van der Waals surface area contributed by atoms with Crippen LogP contribution in [0.4, 0.5) is 18.6 Å². The molecule has 174 valence electrons. The van der Waals surface area contributed by atoms with E-state index in [-0.39, 0.29) is 27.9 Å². The molecule has 2 heterocycles. The smallest absolute Gasteiger partial charge is 0.344 e. The number of hydrogen-bond donors (Lipinski definition) is 3. The summed E-state index contributed by atoms with van der Waals surface area (Å²) >= 11 is 0.720. The van der Waals surface area contributed by atoms with Gasteiger partial charge in [0, 0.05) is 31.7 Å². The van der Waals surface area contributed by atoms with Crippen LogP contribution in [0.15, 0.2) is 18.2 Å². The second kappa shape index (κ2) is 11.2. The number of nitrogens with one attached hydrogen (secondary N) is 2. The van der Waals surface area contributed by atoms with Gasteiger partial charge in [0.25, 0.3) is 0 Å². The van der Waals surface area contributed by atoms with E-state index in [1.807, 2.05) is 6.92 Å². The van der Waals surface area contributed by atoms with E-state index in [4.69, 9.17) is 9.47 Å². The lowest BCUT2D eigenvalue weighted by atomic mass is 10.1. The summed E-state index contributed by atoms with van der Waals surface area (Å²) in [5, 5.41) is 14.7. The van der Waals surface area contributed by atoms with Crippen LogP contribution >= 0.6 is 11.5 Å². The normalized spacial score (nSPS) is 15.2. The van der Waals surface area contributed by atoms with Crippen LogP contribution in [0, 0.1) is 17.6 Å². The van der Waals surface area contributed by atoms with Crippen LogP contribution in [0.5, 0.6) is 5.88 Å². The SMILES string of the molecule is CC(CNC(=O)Nc1snc(OCc2cc(F)ccc2F)c1C(=O)O)CN1CCOCC1. The summed E-state index contributed by atoms with van der Waals surface area (Å²) in [5.41, 5.74) is -0.445. The second-order valence-corrected chi connectivity index (χ2v) is 8.15. The molecule has 3 N–H and O–H groups in total. The molecule has 0 bridgehead atoms. The van der Waals surface area contributed by atoms with Gasteiger partial charge in [-0.2, -0.15) is 4.37 Å². The fraction of sp³-hybridized carbons (Fsp3) is 0.450. The topological polar surface area (TPSA) is 113 Å². The Bertz CT molecular complexity index is 952. The third-order valence-electron chi connectivity index (χ3n) is 4.76. The van der Waals surface area contributed by atoms with E-state index in [0.29, 0.717) is 19.8 Å². The molecule has 9 nitrogen and oxygen atoms in total. The summed E-state index contributed by atoms with van der Waals surface area (Å²) in [6.07, 6.45) is 0. The monoisotopic (exact) mass is 470 g/mol. The summed E-state index contributed by atoms with van der Waals surface area (Å²) in [6.45, 7) is 5.87. The Morgan fingerprint density at radius 2 is 2.09 bits per heavy atom. The summed E-state index contributed by atoms with van der Waals surface area (Å²) in [6, 6.07) is 2.29. The first-order chi connectivity index (χ1) is 15.3. The van der Waals surface area contributed by atoms with Crippen molar-refractivity contribution in [1.82, 2.24) is 14.6 Å². The predicted octanol–water partition coefficient (Wildman–Crippen LogP) is 2.79. The summed E-state index contributed by atoms with van der Waals surface area (Å²) < 4.78 is 41.5. The standard InChI is InChI=1S/C20H24F2N4O5S/c1-12(10-26-4-6-30-7-5-26)9-23-20(29)24-18-16(19(27)28)17(25-32-18)31-11-13-8-14(21)2-3-15(13)22/h2-3,8,12H,4-7,9-11H2,1H3,(H,27,28)(H2,23,24,29). The van der Waals surface area contributed by atoms with Gasteiger partial charge in [-0.3, -0.25) is 10.2 Å². The maximum absolute atomic E-state index is 13.8. The highest BCUT2D eigenvalue weighted by atomic mass is 32.1. The highest BCUT2D eigenvalue weighted by molar-refractivity contribution is 7.11. The molecule has 12 heteroatoms. The summed E-state index contributed by atoms with van der Waals surface area (Å²) in [7, 11) is 0. The first-order valence-electron chi connectivity index (χ1n) is 9.98. The molecule has 2 aromatic rings. The molecular formula is C20H24F2N4O5S. The van der Waals surface area contributed by atoms with Crippen LogP contribution in [0.25, 0.3) is 0 Å². The number of carbonyl (C=O) groups excluding carboxylic acids is 1. The number of aromatic nitrogens is 1. The number of ether oxygens (including phenoxy) is 2. The number of carboxylic acid groups (broad SMARTS) is 1. The Kier molecular flexibility index (Phi) is 8.31. The number of hydrogen-bond acceptors (Lipinski definition) is 7. The van der Waals surface area contributed by atoms with E-state index < -0.39 is 30.2 Å². The van der Waals surface area contributed by atoms with Gasteiger partial charge >= 0.3 is 12.0 Å². The van der Waals surface area contributed by atoms with Gasteiger partial charge in [0.15, 0.2) is 5.56 Å². The number of carboxylic acids is 1. The maximum atomic E-state index is 13.8. The van der Waals surface area contributed by atoms with Crippen LogP contribution in [0.3, 0.4) is 0 Å². The lowest BCUT2D eigenvalue weighted by molar-refractivity contribution is 0.0320. The number of carbonyl (C=O) groups is 2. The fourth-order valence-corrected chi connectivity index (χ4v) is 3.87. The van der Waals surface area contributed by atoms with Crippen molar-refractivity contribution in [3.63, 3.8) is 0 Å². The third-order valence-corrected chi connectivity index (χ3v) is 5.50. The number of morpholine rings is 1. The van der Waals surface area contributed by atoms with E-state index in [1.165, 1.54) is 0 Å². The zero-order valence-corrected chi connectivity index (χ0v) is 18.2. The molecule has 0 radical (unpaired) electrons. The van der Waals surface area contributed by atoms with E-state index in [2.05, 4.69) is 19.9 Å². The minimum absolute atomic E-state index is 0.0226. The molecule has 0 aliphatic carbocycles. The molecule has 0 saturated carbocycles. The van der Waals surface area contributed by atoms with Crippen molar-refractivity contribution in [2.75, 3.05) is 44.7 Å². The maximum Gasteiger partial charge on any atom is 0.344 e. The Labute approximate surface area is 187 Å². The molecule has 0 spiro atoms. The predicted molar refractivity (Wildman–Crippen MR) is 113 cm³/mol. The van der Waals surface area contributed by atoms with Crippen molar-refractivity contribution in [2.24, 2.45) is 5.92 Å². The van der Waals surface area contributed by atoms with Crippen LogP contribution in [-0.4, -0.2) is 65.8 Å². The molecule has 32 heavy (non-hydrogen) atoms. The molecule has 2 amide bonds. The minimum atomic E-state index is -1.37. The zero-order chi connectivity index (χ0) is 23.1. The van der Waals surface area contributed by atoms with Crippen LogP contribution in [0.2, 0.25) is 0 Å². The number of benzene rings is 1.